The maximum absolute atomic E-state index is 13.8. The minimum Gasteiger partial charge on any atom is -0.306 e. The Morgan fingerprint density at radius 1 is 1.47 bits per heavy atom. The van der Waals surface area contributed by atoms with Gasteiger partial charge in [0.25, 0.3) is 5.91 Å². The second-order valence-electron chi connectivity index (χ2n) is 3.78. The van der Waals surface area contributed by atoms with Crippen LogP contribution in [0.2, 0.25) is 0 Å². The molecule has 0 aliphatic heterocycles. The van der Waals surface area contributed by atoms with Gasteiger partial charge in [0.15, 0.2) is 16.8 Å². The van der Waals surface area contributed by atoms with Gasteiger partial charge in [0.05, 0.1) is 11.3 Å². The van der Waals surface area contributed by atoms with Crippen molar-refractivity contribution < 1.29 is 9.18 Å². The molecule has 1 amide bonds. The Kier molecular flexibility index (Phi) is 3.72. The highest BCUT2D eigenvalue weighted by Crippen LogP contribution is 2.22. The average molecular weight is 281 g/mol. The van der Waals surface area contributed by atoms with Gasteiger partial charge in [0.2, 0.25) is 0 Å². The van der Waals surface area contributed by atoms with Crippen LogP contribution in [0.4, 0.5) is 15.3 Å². The molecule has 2 heterocycles. The highest BCUT2D eigenvalue weighted by Gasteiger charge is 2.17. The van der Waals surface area contributed by atoms with E-state index in [9.17, 15) is 9.18 Å². The summed E-state index contributed by atoms with van der Waals surface area (Å²) in [5.74, 6) is 3.53. The molecule has 0 radical (unpaired) electrons. The molecule has 6 nitrogen and oxygen atoms in total. The van der Waals surface area contributed by atoms with E-state index in [0.29, 0.717) is 5.13 Å². The van der Waals surface area contributed by atoms with E-state index >= 15 is 0 Å². The average Bonchev–Trinajstić information content (AvgIpc) is 2.68. The summed E-state index contributed by atoms with van der Waals surface area (Å²) in [5, 5.41) is 2.97. The molecule has 2 aromatic heterocycles. The van der Waals surface area contributed by atoms with E-state index in [1.807, 2.05) is 13.8 Å². The van der Waals surface area contributed by atoms with Crippen LogP contribution in [-0.4, -0.2) is 15.9 Å². The zero-order valence-electron chi connectivity index (χ0n) is 10.3. The number of hydrogen-bond acceptors (Lipinski definition) is 6. The first-order chi connectivity index (χ1) is 9.02. The van der Waals surface area contributed by atoms with Crippen molar-refractivity contribution in [3.63, 3.8) is 0 Å². The fraction of sp³-hybridized carbons (Fsp3) is 0.182. The van der Waals surface area contributed by atoms with Crippen molar-refractivity contribution in [3.8, 4) is 0 Å². The van der Waals surface area contributed by atoms with Gasteiger partial charge in [-0.3, -0.25) is 10.1 Å². The second-order valence-corrected chi connectivity index (χ2v) is 4.98. The van der Waals surface area contributed by atoms with Crippen LogP contribution >= 0.6 is 11.3 Å². The summed E-state index contributed by atoms with van der Waals surface area (Å²) in [7, 11) is 0. The van der Waals surface area contributed by atoms with E-state index < -0.39 is 11.7 Å². The number of carbonyl (C=O) groups excluding carboxylic acids is 1. The number of hydrogen-bond donors (Lipinski definition) is 3. The van der Waals surface area contributed by atoms with Crippen molar-refractivity contribution in [2.24, 2.45) is 5.84 Å². The summed E-state index contributed by atoms with van der Waals surface area (Å²) in [6, 6.07) is 1.28. The molecule has 4 N–H and O–H groups in total. The van der Waals surface area contributed by atoms with Gasteiger partial charge in [-0.2, -0.15) is 0 Å². The number of anilines is 2. The first-order valence-corrected chi connectivity index (χ1v) is 6.21. The van der Waals surface area contributed by atoms with E-state index in [-0.39, 0.29) is 11.4 Å². The van der Waals surface area contributed by atoms with Crippen LogP contribution in [0.1, 0.15) is 20.9 Å². The van der Waals surface area contributed by atoms with Gasteiger partial charge in [0.1, 0.15) is 0 Å². The molecule has 0 spiro atoms. The molecule has 19 heavy (non-hydrogen) atoms. The lowest BCUT2D eigenvalue weighted by atomic mass is 10.2. The SMILES string of the molecule is Cc1nc(NC(=O)c2ccnc(NN)c2F)sc1C. The molecule has 0 aliphatic rings. The fourth-order valence-corrected chi connectivity index (χ4v) is 2.22. The molecule has 0 saturated carbocycles. The molecule has 0 aliphatic carbocycles. The largest absolute Gasteiger partial charge is 0.306 e. The van der Waals surface area contributed by atoms with Crippen LogP contribution in [0.15, 0.2) is 12.3 Å². The standard InChI is InChI=1S/C11H12FN5OS/c1-5-6(2)19-11(15-5)16-10(18)7-3-4-14-9(17-13)8(7)12/h3-4H,13H2,1-2H3,(H,14,17)(H,15,16,18). The van der Waals surface area contributed by atoms with Crippen molar-refractivity contribution in [2.75, 3.05) is 10.7 Å². The van der Waals surface area contributed by atoms with Crippen LogP contribution in [-0.2, 0) is 0 Å². The van der Waals surface area contributed by atoms with Crippen LogP contribution in [0, 0.1) is 19.7 Å². The number of rotatable bonds is 3. The van der Waals surface area contributed by atoms with Gasteiger partial charge in [-0.25, -0.2) is 20.2 Å². The van der Waals surface area contributed by atoms with Gasteiger partial charge in [-0.05, 0) is 19.9 Å². The number of nitrogens with two attached hydrogens (primary N) is 1. The molecule has 0 saturated heterocycles. The topological polar surface area (TPSA) is 92.9 Å². The minimum atomic E-state index is -0.799. The Hall–Kier alpha value is -2.06. The number of nitrogens with zero attached hydrogens (tertiary/aromatic N) is 2. The van der Waals surface area contributed by atoms with Crippen molar-refractivity contribution >= 4 is 28.2 Å². The lowest BCUT2D eigenvalue weighted by Crippen LogP contribution is -2.17. The van der Waals surface area contributed by atoms with Crippen LogP contribution in [0.3, 0.4) is 0 Å². The van der Waals surface area contributed by atoms with Crippen LogP contribution < -0.4 is 16.6 Å². The number of hydrazine groups is 1. The van der Waals surface area contributed by atoms with Crippen molar-refractivity contribution in [1.29, 1.82) is 0 Å². The van der Waals surface area contributed by atoms with Crippen molar-refractivity contribution in [2.45, 2.75) is 13.8 Å². The number of nitrogens with one attached hydrogen (secondary N) is 2. The summed E-state index contributed by atoms with van der Waals surface area (Å²) in [6.07, 6.45) is 1.30. The number of aromatic nitrogens is 2. The van der Waals surface area contributed by atoms with E-state index in [4.69, 9.17) is 5.84 Å². The summed E-state index contributed by atoms with van der Waals surface area (Å²) < 4.78 is 13.8. The van der Waals surface area contributed by atoms with E-state index in [0.717, 1.165) is 10.6 Å². The molecule has 0 fully saturated rings. The zero-order valence-corrected chi connectivity index (χ0v) is 11.1. The van der Waals surface area contributed by atoms with Gasteiger partial charge in [-0.15, -0.1) is 11.3 Å². The quantitative estimate of drug-likeness (QED) is 0.589. The third-order valence-electron chi connectivity index (χ3n) is 2.52. The van der Waals surface area contributed by atoms with Crippen LogP contribution in [0.25, 0.3) is 0 Å². The van der Waals surface area contributed by atoms with Crippen LogP contribution in [0.5, 0.6) is 0 Å². The van der Waals surface area contributed by atoms with Gasteiger partial charge < -0.3 is 5.43 Å². The highest BCUT2D eigenvalue weighted by molar-refractivity contribution is 7.15. The lowest BCUT2D eigenvalue weighted by molar-refractivity contribution is 0.102. The first kappa shape index (κ1) is 13.4. The van der Waals surface area contributed by atoms with Crippen molar-refractivity contribution in [1.82, 2.24) is 9.97 Å². The summed E-state index contributed by atoms with van der Waals surface area (Å²) in [6.45, 7) is 3.73. The Labute approximate surface area is 112 Å². The van der Waals surface area contributed by atoms with Gasteiger partial charge in [0, 0.05) is 11.1 Å². The molecule has 0 bridgehead atoms. The van der Waals surface area contributed by atoms with E-state index in [2.05, 4.69) is 20.7 Å². The predicted octanol–water partition coefficient (Wildman–Crippen LogP) is 1.83. The Bertz CT molecular complexity index is 608. The third kappa shape index (κ3) is 2.69. The number of amides is 1. The summed E-state index contributed by atoms with van der Waals surface area (Å²) in [4.78, 5) is 20.8. The minimum absolute atomic E-state index is 0.145. The second kappa shape index (κ2) is 5.29. The maximum atomic E-state index is 13.8. The van der Waals surface area contributed by atoms with E-state index in [1.165, 1.54) is 23.6 Å². The monoisotopic (exact) mass is 281 g/mol. The molecular weight excluding hydrogens is 269 g/mol. The molecule has 0 atom stereocenters. The molecule has 0 aromatic carbocycles. The van der Waals surface area contributed by atoms with Crippen molar-refractivity contribution in [3.05, 3.63) is 34.2 Å². The molecule has 100 valence electrons. The molecular formula is C11H12FN5OS. The summed E-state index contributed by atoms with van der Waals surface area (Å²) >= 11 is 1.33. The maximum Gasteiger partial charge on any atom is 0.260 e. The Morgan fingerprint density at radius 3 is 2.79 bits per heavy atom. The highest BCUT2D eigenvalue weighted by atomic mass is 32.1. The van der Waals surface area contributed by atoms with E-state index in [1.54, 1.807) is 0 Å². The molecule has 2 rings (SSSR count). The number of halogens is 1. The first-order valence-electron chi connectivity index (χ1n) is 5.39. The predicted molar refractivity (Wildman–Crippen MR) is 71.5 cm³/mol. The molecule has 8 heteroatoms. The number of pyridine rings is 1. The molecule has 2 aromatic rings. The number of thiazole rings is 1. The third-order valence-corrected chi connectivity index (χ3v) is 3.51. The summed E-state index contributed by atoms with van der Waals surface area (Å²) in [5.41, 5.74) is 2.78. The molecule has 0 unspecified atom stereocenters. The zero-order chi connectivity index (χ0) is 14.0. The van der Waals surface area contributed by atoms with Gasteiger partial charge in [-0.1, -0.05) is 0 Å². The Balaban J connectivity index is 2.25. The van der Waals surface area contributed by atoms with Gasteiger partial charge >= 0.3 is 0 Å². The smallest absolute Gasteiger partial charge is 0.260 e. The number of nitrogen functional groups attached to an aromatic ring is 1. The lowest BCUT2D eigenvalue weighted by Gasteiger charge is -2.06. The number of aryl methyl sites for hydroxylation is 2. The fourth-order valence-electron chi connectivity index (χ4n) is 1.41. The normalized spacial score (nSPS) is 10.3. The number of carbonyl (C=O) groups is 1. The Morgan fingerprint density at radius 2 is 2.21 bits per heavy atom.